The monoisotopic (exact) mass is 420 g/mol. The number of hydrogen-bond acceptors (Lipinski definition) is 3. The SMILES string of the molecule is Cc1ccc(C(NC(=O)C2(c3ccc(Cl)cc3)CCOCC2)c2cccnc2)cc1. The largest absolute Gasteiger partial charge is 0.381 e. The number of halogens is 1. The molecule has 4 nitrogen and oxygen atoms in total. The van der Waals surface area contributed by atoms with E-state index in [9.17, 15) is 4.79 Å². The van der Waals surface area contributed by atoms with Gasteiger partial charge in [0.2, 0.25) is 5.91 Å². The summed E-state index contributed by atoms with van der Waals surface area (Å²) in [5, 5.41) is 3.99. The summed E-state index contributed by atoms with van der Waals surface area (Å²) in [6.07, 6.45) is 4.82. The second-order valence-electron chi connectivity index (χ2n) is 7.80. The number of rotatable bonds is 5. The second kappa shape index (κ2) is 8.99. The Kier molecular flexibility index (Phi) is 6.16. The zero-order chi connectivity index (χ0) is 21.0. The van der Waals surface area contributed by atoms with Gasteiger partial charge in [-0.3, -0.25) is 9.78 Å². The van der Waals surface area contributed by atoms with Crippen LogP contribution in [0.3, 0.4) is 0 Å². The van der Waals surface area contributed by atoms with Crippen molar-refractivity contribution in [2.45, 2.75) is 31.2 Å². The third kappa shape index (κ3) is 4.25. The van der Waals surface area contributed by atoms with Gasteiger partial charge in [0.15, 0.2) is 0 Å². The average molecular weight is 421 g/mol. The topological polar surface area (TPSA) is 51.2 Å². The number of benzene rings is 2. The third-order valence-corrected chi connectivity index (χ3v) is 6.13. The van der Waals surface area contributed by atoms with E-state index in [2.05, 4.69) is 41.5 Å². The van der Waals surface area contributed by atoms with Crippen molar-refractivity contribution in [3.05, 3.63) is 100 Å². The van der Waals surface area contributed by atoms with Gasteiger partial charge in [-0.2, -0.15) is 0 Å². The molecule has 0 spiro atoms. The molecule has 1 unspecified atom stereocenters. The molecule has 1 amide bonds. The van der Waals surface area contributed by atoms with E-state index < -0.39 is 5.41 Å². The maximum absolute atomic E-state index is 13.8. The maximum Gasteiger partial charge on any atom is 0.231 e. The van der Waals surface area contributed by atoms with E-state index in [0.717, 1.165) is 16.7 Å². The Labute approximate surface area is 182 Å². The minimum Gasteiger partial charge on any atom is -0.381 e. The highest BCUT2D eigenvalue weighted by atomic mass is 35.5. The van der Waals surface area contributed by atoms with Crippen LogP contribution < -0.4 is 5.32 Å². The van der Waals surface area contributed by atoms with Crippen LogP contribution in [0, 0.1) is 6.92 Å². The smallest absolute Gasteiger partial charge is 0.231 e. The zero-order valence-corrected chi connectivity index (χ0v) is 17.7. The summed E-state index contributed by atoms with van der Waals surface area (Å²) in [6.45, 7) is 3.16. The molecule has 1 aliphatic rings. The molecule has 30 heavy (non-hydrogen) atoms. The molecule has 1 aromatic heterocycles. The summed E-state index contributed by atoms with van der Waals surface area (Å²) in [5.41, 5.74) is 3.49. The maximum atomic E-state index is 13.8. The number of carbonyl (C=O) groups excluding carboxylic acids is 1. The van der Waals surface area contributed by atoms with Crippen LogP contribution in [-0.2, 0) is 14.9 Å². The molecule has 2 heterocycles. The summed E-state index contributed by atoms with van der Waals surface area (Å²) < 4.78 is 5.59. The van der Waals surface area contributed by atoms with E-state index in [1.165, 1.54) is 5.56 Å². The average Bonchev–Trinajstić information content (AvgIpc) is 2.79. The van der Waals surface area contributed by atoms with E-state index in [0.29, 0.717) is 31.1 Å². The van der Waals surface area contributed by atoms with E-state index in [1.807, 2.05) is 42.6 Å². The van der Waals surface area contributed by atoms with Crippen molar-refractivity contribution in [3.8, 4) is 0 Å². The van der Waals surface area contributed by atoms with Crippen molar-refractivity contribution in [1.82, 2.24) is 10.3 Å². The van der Waals surface area contributed by atoms with Gasteiger partial charge in [-0.25, -0.2) is 0 Å². The van der Waals surface area contributed by atoms with E-state index in [4.69, 9.17) is 16.3 Å². The van der Waals surface area contributed by atoms with Gasteiger partial charge in [-0.05, 0) is 54.7 Å². The van der Waals surface area contributed by atoms with Gasteiger partial charge in [-0.1, -0.05) is 59.6 Å². The van der Waals surface area contributed by atoms with Gasteiger partial charge in [0.1, 0.15) is 0 Å². The molecule has 1 N–H and O–H groups in total. The lowest BCUT2D eigenvalue weighted by atomic mass is 9.73. The fourth-order valence-electron chi connectivity index (χ4n) is 4.07. The van der Waals surface area contributed by atoms with Gasteiger partial charge in [-0.15, -0.1) is 0 Å². The molecule has 2 aromatic carbocycles. The highest BCUT2D eigenvalue weighted by molar-refractivity contribution is 6.30. The van der Waals surface area contributed by atoms with Crippen LogP contribution in [-0.4, -0.2) is 24.1 Å². The number of nitrogens with zero attached hydrogens (tertiary/aromatic N) is 1. The van der Waals surface area contributed by atoms with Crippen LogP contribution in [0.1, 0.15) is 41.1 Å². The van der Waals surface area contributed by atoms with Crippen LogP contribution in [0.4, 0.5) is 0 Å². The van der Waals surface area contributed by atoms with Crippen LogP contribution in [0.25, 0.3) is 0 Å². The number of pyridine rings is 1. The van der Waals surface area contributed by atoms with Gasteiger partial charge < -0.3 is 10.1 Å². The van der Waals surface area contributed by atoms with E-state index in [1.54, 1.807) is 6.20 Å². The van der Waals surface area contributed by atoms with Crippen molar-refractivity contribution in [3.63, 3.8) is 0 Å². The lowest BCUT2D eigenvalue weighted by Gasteiger charge is -2.37. The Morgan fingerprint density at radius 2 is 1.73 bits per heavy atom. The minimum absolute atomic E-state index is 0.00236. The summed E-state index contributed by atoms with van der Waals surface area (Å²) in [6, 6.07) is 19.5. The fourth-order valence-corrected chi connectivity index (χ4v) is 4.20. The normalized spacial score (nSPS) is 16.6. The Bertz CT molecular complexity index is 982. The first-order valence-corrected chi connectivity index (χ1v) is 10.6. The highest BCUT2D eigenvalue weighted by Gasteiger charge is 2.42. The molecule has 1 atom stereocenters. The molecular formula is C25H25ClN2O2. The van der Waals surface area contributed by atoms with Gasteiger partial charge in [0.25, 0.3) is 0 Å². The van der Waals surface area contributed by atoms with Crippen LogP contribution >= 0.6 is 11.6 Å². The van der Waals surface area contributed by atoms with Gasteiger partial charge >= 0.3 is 0 Å². The van der Waals surface area contributed by atoms with E-state index >= 15 is 0 Å². The summed E-state index contributed by atoms with van der Waals surface area (Å²) >= 11 is 6.10. The Morgan fingerprint density at radius 3 is 2.37 bits per heavy atom. The number of hydrogen-bond donors (Lipinski definition) is 1. The molecular weight excluding hydrogens is 396 g/mol. The predicted molar refractivity (Wildman–Crippen MR) is 119 cm³/mol. The summed E-state index contributed by atoms with van der Waals surface area (Å²) in [4.78, 5) is 18.1. The molecule has 0 bridgehead atoms. The number of nitrogens with one attached hydrogen (secondary N) is 1. The number of ether oxygens (including phenoxy) is 1. The molecule has 0 radical (unpaired) electrons. The second-order valence-corrected chi connectivity index (χ2v) is 8.24. The molecule has 0 saturated carbocycles. The van der Waals surface area contributed by atoms with Crippen molar-refractivity contribution >= 4 is 17.5 Å². The van der Waals surface area contributed by atoms with Gasteiger partial charge in [0.05, 0.1) is 11.5 Å². The van der Waals surface area contributed by atoms with Crippen molar-refractivity contribution < 1.29 is 9.53 Å². The van der Waals surface area contributed by atoms with Crippen LogP contribution in [0.15, 0.2) is 73.1 Å². The molecule has 1 saturated heterocycles. The Hall–Kier alpha value is -2.69. The minimum atomic E-state index is -0.645. The third-order valence-electron chi connectivity index (χ3n) is 5.88. The standard InChI is InChI=1S/C25H25ClN2O2/c1-18-4-6-19(7-5-18)23(20-3-2-14-27-17-20)28-24(29)25(12-15-30-16-13-25)21-8-10-22(26)11-9-21/h2-11,14,17,23H,12-13,15-16H2,1H3,(H,28,29). The number of aryl methyl sites for hydroxylation is 1. The Morgan fingerprint density at radius 1 is 1.03 bits per heavy atom. The van der Waals surface area contributed by atoms with Crippen molar-refractivity contribution in [2.24, 2.45) is 0 Å². The summed E-state index contributed by atoms with van der Waals surface area (Å²) in [5.74, 6) is 0.00236. The lowest BCUT2D eigenvalue weighted by Crippen LogP contribution is -2.49. The number of amides is 1. The first-order chi connectivity index (χ1) is 14.6. The first-order valence-electron chi connectivity index (χ1n) is 10.2. The molecule has 1 aliphatic heterocycles. The molecule has 5 heteroatoms. The fraction of sp³-hybridized carbons (Fsp3) is 0.280. The molecule has 1 fully saturated rings. The first kappa shape index (κ1) is 20.6. The lowest BCUT2D eigenvalue weighted by molar-refractivity contribution is -0.131. The van der Waals surface area contributed by atoms with E-state index in [-0.39, 0.29) is 11.9 Å². The highest BCUT2D eigenvalue weighted by Crippen LogP contribution is 2.37. The molecule has 0 aliphatic carbocycles. The molecule has 4 rings (SSSR count). The van der Waals surface area contributed by atoms with Crippen molar-refractivity contribution in [2.75, 3.05) is 13.2 Å². The predicted octanol–water partition coefficient (Wildman–Crippen LogP) is 5.00. The van der Waals surface area contributed by atoms with Crippen LogP contribution in [0.2, 0.25) is 5.02 Å². The number of carbonyl (C=O) groups is 1. The summed E-state index contributed by atoms with van der Waals surface area (Å²) in [7, 11) is 0. The van der Waals surface area contributed by atoms with Crippen LogP contribution in [0.5, 0.6) is 0 Å². The quantitative estimate of drug-likeness (QED) is 0.632. The molecule has 3 aromatic rings. The van der Waals surface area contributed by atoms with Crippen molar-refractivity contribution in [1.29, 1.82) is 0 Å². The zero-order valence-electron chi connectivity index (χ0n) is 17.0. The number of aromatic nitrogens is 1. The Balaban J connectivity index is 1.71. The van der Waals surface area contributed by atoms with Gasteiger partial charge in [0, 0.05) is 30.6 Å². The molecule has 154 valence electrons.